The van der Waals surface area contributed by atoms with Crippen LogP contribution in [0.5, 0.6) is 0 Å². The van der Waals surface area contributed by atoms with Gasteiger partial charge in [-0.25, -0.2) is 0 Å². The molecule has 1 aliphatic rings. The molecule has 1 atom stereocenters. The van der Waals surface area contributed by atoms with Crippen molar-refractivity contribution in [2.45, 2.75) is 39.2 Å². The van der Waals surface area contributed by atoms with Crippen LogP contribution in [0.1, 0.15) is 43.9 Å². The van der Waals surface area contributed by atoms with Crippen LogP contribution in [0.4, 0.5) is 5.69 Å². The summed E-state index contributed by atoms with van der Waals surface area (Å²) < 4.78 is 0. The SMILES string of the molecule is CC(C)CCC(O)c1cccc2c1NCC2. The first-order valence-corrected chi connectivity index (χ1v) is 6.22. The van der Waals surface area contributed by atoms with Crippen LogP contribution in [0, 0.1) is 5.92 Å². The molecular formula is C14H21NO. The Labute approximate surface area is 97.7 Å². The average Bonchev–Trinajstić information content (AvgIpc) is 2.73. The molecule has 0 aromatic heterocycles. The predicted molar refractivity (Wildman–Crippen MR) is 67.7 cm³/mol. The van der Waals surface area contributed by atoms with Gasteiger partial charge in [-0.3, -0.25) is 0 Å². The van der Waals surface area contributed by atoms with Crippen molar-refractivity contribution in [3.63, 3.8) is 0 Å². The van der Waals surface area contributed by atoms with Gasteiger partial charge in [0.1, 0.15) is 0 Å². The van der Waals surface area contributed by atoms with E-state index in [0.29, 0.717) is 5.92 Å². The molecular weight excluding hydrogens is 198 g/mol. The summed E-state index contributed by atoms with van der Waals surface area (Å²) in [5.74, 6) is 0.652. The van der Waals surface area contributed by atoms with Crippen LogP contribution < -0.4 is 5.32 Å². The second kappa shape index (κ2) is 4.88. The monoisotopic (exact) mass is 219 g/mol. The molecule has 1 heterocycles. The fourth-order valence-electron chi connectivity index (χ4n) is 2.29. The highest BCUT2D eigenvalue weighted by molar-refractivity contribution is 5.61. The number of aliphatic hydroxyl groups excluding tert-OH is 1. The van der Waals surface area contributed by atoms with Gasteiger partial charge in [0.05, 0.1) is 6.10 Å². The largest absolute Gasteiger partial charge is 0.388 e. The molecule has 1 aromatic rings. The molecule has 0 bridgehead atoms. The van der Waals surface area contributed by atoms with E-state index in [1.54, 1.807) is 0 Å². The highest BCUT2D eigenvalue weighted by Crippen LogP contribution is 2.33. The summed E-state index contributed by atoms with van der Waals surface area (Å²) in [5.41, 5.74) is 3.61. The molecule has 2 nitrogen and oxygen atoms in total. The number of fused-ring (bicyclic) bond motifs is 1. The van der Waals surface area contributed by atoms with Crippen molar-refractivity contribution in [3.05, 3.63) is 29.3 Å². The fraction of sp³-hybridized carbons (Fsp3) is 0.571. The Morgan fingerprint density at radius 3 is 2.88 bits per heavy atom. The number of aliphatic hydroxyl groups is 1. The second-order valence-corrected chi connectivity index (χ2v) is 5.05. The molecule has 0 radical (unpaired) electrons. The van der Waals surface area contributed by atoms with Crippen molar-refractivity contribution < 1.29 is 5.11 Å². The van der Waals surface area contributed by atoms with Gasteiger partial charge in [-0.2, -0.15) is 0 Å². The van der Waals surface area contributed by atoms with E-state index in [9.17, 15) is 5.11 Å². The topological polar surface area (TPSA) is 32.3 Å². The summed E-state index contributed by atoms with van der Waals surface area (Å²) in [6.45, 7) is 5.39. The Kier molecular flexibility index (Phi) is 3.49. The molecule has 88 valence electrons. The van der Waals surface area contributed by atoms with E-state index in [-0.39, 0.29) is 6.10 Å². The molecule has 0 fully saturated rings. The molecule has 0 amide bonds. The lowest BCUT2D eigenvalue weighted by Crippen LogP contribution is -2.03. The standard InChI is InChI=1S/C14H21NO/c1-10(2)6-7-13(16)12-5-3-4-11-8-9-15-14(11)12/h3-5,10,13,15-16H,6-9H2,1-2H3. The fourth-order valence-corrected chi connectivity index (χ4v) is 2.29. The third-order valence-corrected chi connectivity index (χ3v) is 3.26. The van der Waals surface area contributed by atoms with Gasteiger partial charge in [0, 0.05) is 17.8 Å². The van der Waals surface area contributed by atoms with Crippen LogP contribution in [0.3, 0.4) is 0 Å². The predicted octanol–water partition coefficient (Wildman–Crippen LogP) is 3.12. The minimum atomic E-state index is -0.317. The molecule has 2 heteroatoms. The smallest absolute Gasteiger partial charge is 0.0810 e. The van der Waals surface area contributed by atoms with Crippen LogP contribution in [0.2, 0.25) is 0 Å². The highest BCUT2D eigenvalue weighted by atomic mass is 16.3. The van der Waals surface area contributed by atoms with Gasteiger partial charge in [0.2, 0.25) is 0 Å². The van der Waals surface area contributed by atoms with Crippen LogP contribution in [-0.4, -0.2) is 11.7 Å². The minimum absolute atomic E-state index is 0.317. The van der Waals surface area contributed by atoms with Crippen molar-refractivity contribution in [3.8, 4) is 0 Å². The molecule has 0 saturated heterocycles. The number of hydrogen-bond acceptors (Lipinski definition) is 2. The number of nitrogens with one attached hydrogen (secondary N) is 1. The Morgan fingerprint density at radius 2 is 2.12 bits per heavy atom. The quantitative estimate of drug-likeness (QED) is 0.815. The Hall–Kier alpha value is -1.02. The zero-order valence-electron chi connectivity index (χ0n) is 10.2. The van der Waals surface area contributed by atoms with E-state index in [0.717, 1.165) is 31.4 Å². The van der Waals surface area contributed by atoms with Crippen molar-refractivity contribution in [2.75, 3.05) is 11.9 Å². The summed E-state index contributed by atoms with van der Waals surface area (Å²) in [4.78, 5) is 0. The van der Waals surface area contributed by atoms with E-state index >= 15 is 0 Å². The number of rotatable bonds is 4. The molecule has 1 aromatic carbocycles. The van der Waals surface area contributed by atoms with Crippen LogP contribution in [0.15, 0.2) is 18.2 Å². The van der Waals surface area contributed by atoms with E-state index in [1.807, 2.05) is 6.07 Å². The summed E-state index contributed by atoms with van der Waals surface area (Å²) in [6, 6.07) is 6.25. The van der Waals surface area contributed by atoms with Gasteiger partial charge in [-0.05, 0) is 30.7 Å². The van der Waals surface area contributed by atoms with E-state index < -0.39 is 0 Å². The Balaban J connectivity index is 2.11. The molecule has 2 rings (SSSR count). The minimum Gasteiger partial charge on any atom is -0.388 e. The van der Waals surface area contributed by atoms with E-state index in [4.69, 9.17) is 0 Å². The number of hydrogen-bond donors (Lipinski definition) is 2. The Bertz CT molecular complexity index is 360. The molecule has 1 unspecified atom stereocenters. The molecule has 0 saturated carbocycles. The number of benzene rings is 1. The van der Waals surface area contributed by atoms with Gasteiger partial charge in [-0.1, -0.05) is 32.0 Å². The van der Waals surface area contributed by atoms with Gasteiger partial charge in [-0.15, -0.1) is 0 Å². The molecule has 0 spiro atoms. The maximum atomic E-state index is 10.2. The van der Waals surface area contributed by atoms with Gasteiger partial charge in [0.25, 0.3) is 0 Å². The lowest BCUT2D eigenvalue weighted by atomic mass is 9.97. The van der Waals surface area contributed by atoms with Gasteiger partial charge >= 0.3 is 0 Å². The zero-order chi connectivity index (χ0) is 11.5. The molecule has 2 N–H and O–H groups in total. The average molecular weight is 219 g/mol. The maximum Gasteiger partial charge on any atom is 0.0810 e. The summed E-state index contributed by atoms with van der Waals surface area (Å²) in [5, 5.41) is 13.6. The Morgan fingerprint density at radius 1 is 1.31 bits per heavy atom. The number of anilines is 1. The van der Waals surface area contributed by atoms with Crippen LogP contribution in [-0.2, 0) is 6.42 Å². The first-order valence-electron chi connectivity index (χ1n) is 6.22. The first kappa shape index (κ1) is 11.5. The third-order valence-electron chi connectivity index (χ3n) is 3.26. The van der Waals surface area contributed by atoms with Gasteiger partial charge in [0.15, 0.2) is 0 Å². The summed E-state index contributed by atoms with van der Waals surface area (Å²) >= 11 is 0. The highest BCUT2D eigenvalue weighted by Gasteiger charge is 2.18. The lowest BCUT2D eigenvalue weighted by Gasteiger charge is -2.16. The zero-order valence-corrected chi connectivity index (χ0v) is 10.2. The van der Waals surface area contributed by atoms with E-state index in [2.05, 4.69) is 31.3 Å². The molecule has 0 aliphatic carbocycles. The normalized spacial score (nSPS) is 16.0. The second-order valence-electron chi connectivity index (χ2n) is 5.05. The van der Waals surface area contributed by atoms with Crippen LogP contribution >= 0.6 is 0 Å². The number of para-hydroxylation sites is 1. The third kappa shape index (κ3) is 2.38. The maximum absolute atomic E-state index is 10.2. The van der Waals surface area contributed by atoms with E-state index in [1.165, 1.54) is 11.3 Å². The van der Waals surface area contributed by atoms with Crippen molar-refractivity contribution >= 4 is 5.69 Å². The molecule has 1 aliphatic heterocycles. The molecule has 16 heavy (non-hydrogen) atoms. The summed E-state index contributed by atoms with van der Waals surface area (Å²) in [6.07, 6.45) is 2.70. The van der Waals surface area contributed by atoms with Crippen molar-refractivity contribution in [2.24, 2.45) is 5.92 Å². The van der Waals surface area contributed by atoms with Gasteiger partial charge < -0.3 is 10.4 Å². The first-order chi connectivity index (χ1) is 7.68. The summed E-state index contributed by atoms with van der Waals surface area (Å²) in [7, 11) is 0. The van der Waals surface area contributed by atoms with Crippen molar-refractivity contribution in [1.29, 1.82) is 0 Å². The lowest BCUT2D eigenvalue weighted by molar-refractivity contribution is 0.160. The van der Waals surface area contributed by atoms with Crippen molar-refractivity contribution in [1.82, 2.24) is 0 Å². The van der Waals surface area contributed by atoms with Crippen LogP contribution in [0.25, 0.3) is 0 Å².